The number of anilines is 1. The average Bonchev–Trinajstić information content (AvgIpc) is 2.55. The Balaban J connectivity index is 2.00. The first-order valence-electron chi connectivity index (χ1n) is 6.36. The van der Waals surface area contributed by atoms with Crippen LogP contribution >= 0.6 is 46.6 Å². The van der Waals surface area contributed by atoms with E-state index in [2.05, 4.69) is 5.32 Å². The van der Waals surface area contributed by atoms with Crippen molar-refractivity contribution >= 4 is 58.2 Å². The fourth-order valence-electron chi connectivity index (χ4n) is 1.61. The molecule has 0 aliphatic heterocycles. The summed E-state index contributed by atoms with van der Waals surface area (Å²) in [6.45, 7) is 0. The Bertz CT molecular complexity index is 689. The molecule has 1 amide bonds. The SMILES string of the molecule is O=C(Nc1ccccc1Cl)/C(Cl)=C(\Cl)SCc1ccccc1. The summed E-state index contributed by atoms with van der Waals surface area (Å²) in [6, 6.07) is 16.7. The van der Waals surface area contributed by atoms with Crippen LogP contribution in [0.5, 0.6) is 0 Å². The Morgan fingerprint density at radius 1 is 1.00 bits per heavy atom. The Morgan fingerprint density at radius 3 is 2.32 bits per heavy atom. The van der Waals surface area contributed by atoms with Gasteiger partial charge in [0.25, 0.3) is 5.91 Å². The van der Waals surface area contributed by atoms with Gasteiger partial charge < -0.3 is 5.32 Å². The van der Waals surface area contributed by atoms with E-state index in [1.54, 1.807) is 24.3 Å². The summed E-state index contributed by atoms with van der Waals surface area (Å²) >= 11 is 19.4. The van der Waals surface area contributed by atoms with Crippen LogP contribution in [0.15, 0.2) is 64.0 Å². The molecule has 0 fully saturated rings. The van der Waals surface area contributed by atoms with Gasteiger partial charge in [0.1, 0.15) is 5.03 Å². The van der Waals surface area contributed by atoms with Gasteiger partial charge in [-0.25, -0.2) is 0 Å². The summed E-state index contributed by atoms with van der Waals surface area (Å²) < 4.78 is 0.245. The zero-order valence-corrected chi connectivity index (χ0v) is 14.4. The molecule has 0 aliphatic rings. The highest BCUT2D eigenvalue weighted by Crippen LogP contribution is 2.30. The lowest BCUT2D eigenvalue weighted by Crippen LogP contribution is -2.12. The molecule has 0 atom stereocenters. The quantitative estimate of drug-likeness (QED) is 0.666. The minimum absolute atomic E-state index is 0.0532. The Labute approximate surface area is 148 Å². The molecule has 2 aromatic rings. The summed E-state index contributed by atoms with van der Waals surface area (Å²) in [6.07, 6.45) is 0. The van der Waals surface area contributed by atoms with Crippen LogP contribution in [0.25, 0.3) is 0 Å². The summed E-state index contributed by atoms with van der Waals surface area (Å²) in [5.41, 5.74) is 1.59. The fraction of sp³-hybridized carbons (Fsp3) is 0.0625. The smallest absolute Gasteiger partial charge is 0.269 e. The van der Waals surface area contributed by atoms with E-state index in [0.29, 0.717) is 16.5 Å². The van der Waals surface area contributed by atoms with E-state index in [1.165, 1.54) is 11.8 Å². The van der Waals surface area contributed by atoms with Crippen LogP contribution in [0.2, 0.25) is 5.02 Å². The van der Waals surface area contributed by atoms with Crippen molar-refractivity contribution in [2.24, 2.45) is 0 Å². The van der Waals surface area contributed by atoms with Crippen LogP contribution in [0.3, 0.4) is 0 Å². The maximum Gasteiger partial charge on any atom is 0.269 e. The molecule has 0 spiro atoms. The van der Waals surface area contributed by atoms with Gasteiger partial charge in [-0.2, -0.15) is 0 Å². The summed E-state index contributed by atoms with van der Waals surface area (Å²) in [5.74, 6) is 0.148. The van der Waals surface area contributed by atoms with Crippen molar-refractivity contribution in [3.05, 3.63) is 74.6 Å². The number of carbonyl (C=O) groups is 1. The molecule has 0 bridgehead atoms. The van der Waals surface area contributed by atoms with E-state index in [-0.39, 0.29) is 9.40 Å². The predicted octanol–water partition coefficient (Wildman–Crippen LogP) is 5.86. The van der Waals surface area contributed by atoms with Gasteiger partial charge >= 0.3 is 0 Å². The van der Waals surface area contributed by atoms with Crippen LogP contribution in [-0.2, 0) is 10.5 Å². The van der Waals surface area contributed by atoms with Crippen molar-refractivity contribution in [1.29, 1.82) is 0 Å². The van der Waals surface area contributed by atoms with Crippen molar-refractivity contribution in [1.82, 2.24) is 0 Å². The number of nitrogens with one attached hydrogen (secondary N) is 1. The molecule has 0 heterocycles. The molecule has 0 unspecified atom stereocenters. The highest BCUT2D eigenvalue weighted by atomic mass is 35.5. The van der Waals surface area contributed by atoms with Crippen LogP contribution in [0, 0.1) is 0 Å². The largest absolute Gasteiger partial charge is 0.320 e. The van der Waals surface area contributed by atoms with Crippen molar-refractivity contribution in [3.8, 4) is 0 Å². The lowest BCUT2D eigenvalue weighted by atomic mass is 10.2. The van der Waals surface area contributed by atoms with Crippen molar-refractivity contribution in [2.45, 2.75) is 5.75 Å². The third kappa shape index (κ3) is 4.96. The zero-order chi connectivity index (χ0) is 15.9. The number of carbonyl (C=O) groups excluding carboxylic acids is 1. The second kappa shape index (κ2) is 8.49. The van der Waals surface area contributed by atoms with Crippen LogP contribution < -0.4 is 5.32 Å². The molecule has 114 valence electrons. The number of thioether (sulfide) groups is 1. The predicted molar refractivity (Wildman–Crippen MR) is 96.6 cm³/mol. The lowest BCUT2D eigenvalue weighted by Gasteiger charge is -2.07. The molecule has 2 aromatic carbocycles. The second-order valence-corrected chi connectivity index (χ2v) is 6.67. The van der Waals surface area contributed by atoms with Crippen molar-refractivity contribution < 1.29 is 4.79 Å². The highest BCUT2D eigenvalue weighted by Gasteiger charge is 2.14. The minimum atomic E-state index is -0.486. The summed E-state index contributed by atoms with van der Waals surface area (Å²) in [5, 5.41) is 3.02. The normalized spacial score (nSPS) is 11.8. The Hall–Kier alpha value is -1.13. The molecule has 6 heteroatoms. The fourth-order valence-corrected chi connectivity index (χ4v) is 2.96. The van der Waals surface area contributed by atoms with Gasteiger partial charge in [-0.15, -0.1) is 11.8 Å². The molecular weight excluding hydrogens is 361 g/mol. The number of benzene rings is 2. The monoisotopic (exact) mass is 371 g/mol. The molecule has 0 saturated carbocycles. The van der Waals surface area contributed by atoms with E-state index >= 15 is 0 Å². The highest BCUT2D eigenvalue weighted by molar-refractivity contribution is 8.03. The van der Waals surface area contributed by atoms with Crippen LogP contribution in [-0.4, -0.2) is 5.91 Å². The standard InChI is InChI=1S/C16H12Cl3NOS/c17-12-8-4-5-9-13(12)20-16(21)14(18)15(19)22-10-11-6-2-1-3-7-11/h1-9H,10H2,(H,20,21)/b15-14-. The maximum absolute atomic E-state index is 12.1. The van der Waals surface area contributed by atoms with Gasteiger partial charge in [0.05, 0.1) is 15.1 Å². The van der Waals surface area contributed by atoms with Gasteiger partial charge in [0, 0.05) is 5.75 Å². The Morgan fingerprint density at radius 2 is 1.64 bits per heavy atom. The van der Waals surface area contributed by atoms with Crippen LogP contribution in [0.4, 0.5) is 5.69 Å². The molecule has 0 saturated heterocycles. The number of hydrogen-bond acceptors (Lipinski definition) is 2. The minimum Gasteiger partial charge on any atom is -0.320 e. The van der Waals surface area contributed by atoms with Gasteiger partial charge in [-0.1, -0.05) is 77.3 Å². The maximum atomic E-state index is 12.1. The van der Waals surface area contributed by atoms with Crippen molar-refractivity contribution in [2.75, 3.05) is 5.32 Å². The molecule has 0 aliphatic carbocycles. The third-order valence-electron chi connectivity index (χ3n) is 2.70. The van der Waals surface area contributed by atoms with Crippen molar-refractivity contribution in [3.63, 3.8) is 0 Å². The molecule has 0 radical (unpaired) electrons. The Kier molecular flexibility index (Phi) is 6.65. The summed E-state index contributed by atoms with van der Waals surface area (Å²) in [7, 11) is 0. The van der Waals surface area contributed by atoms with E-state index in [1.807, 2.05) is 30.3 Å². The van der Waals surface area contributed by atoms with E-state index < -0.39 is 5.91 Å². The zero-order valence-electron chi connectivity index (χ0n) is 11.4. The number of hydrogen-bond donors (Lipinski definition) is 1. The number of para-hydroxylation sites is 1. The first-order chi connectivity index (χ1) is 10.6. The third-order valence-corrected chi connectivity index (χ3v) is 5.05. The lowest BCUT2D eigenvalue weighted by molar-refractivity contribution is -0.112. The van der Waals surface area contributed by atoms with E-state index in [0.717, 1.165) is 5.56 Å². The number of rotatable bonds is 5. The van der Waals surface area contributed by atoms with Gasteiger partial charge in [0.15, 0.2) is 0 Å². The second-order valence-electron chi connectivity index (χ2n) is 4.30. The molecule has 22 heavy (non-hydrogen) atoms. The van der Waals surface area contributed by atoms with E-state index in [4.69, 9.17) is 34.8 Å². The molecule has 2 nitrogen and oxygen atoms in total. The first kappa shape index (κ1) is 17.2. The average molecular weight is 373 g/mol. The van der Waals surface area contributed by atoms with Gasteiger partial charge in [0.2, 0.25) is 0 Å². The molecule has 0 aromatic heterocycles. The van der Waals surface area contributed by atoms with Gasteiger partial charge in [-0.05, 0) is 17.7 Å². The molecule has 2 rings (SSSR count). The summed E-state index contributed by atoms with van der Waals surface area (Å²) in [4.78, 5) is 12.1. The van der Waals surface area contributed by atoms with E-state index in [9.17, 15) is 4.79 Å². The topological polar surface area (TPSA) is 29.1 Å². The molecule has 1 N–H and O–H groups in total. The number of amides is 1. The number of halogens is 3. The van der Waals surface area contributed by atoms with Crippen LogP contribution in [0.1, 0.15) is 5.56 Å². The van der Waals surface area contributed by atoms with Gasteiger partial charge in [-0.3, -0.25) is 4.79 Å². The molecular formula is C16H12Cl3NOS. The first-order valence-corrected chi connectivity index (χ1v) is 8.47.